The highest BCUT2D eigenvalue weighted by atomic mass is 28.3. The number of benzene rings is 3. The Bertz CT molecular complexity index is 1060. The number of unbranched alkanes of at least 4 members (excludes halogenated alkanes) is 1. The highest BCUT2D eigenvalue weighted by molar-refractivity contribution is 6.91. The van der Waals surface area contributed by atoms with Crippen molar-refractivity contribution in [1.29, 1.82) is 0 Å². The zero-order valence-electron chi connectivity index (χ0n) is 27.0. The van der Waals surface area contributed by atoms with Gasteiger partial charge in [0.2, 0.25) is 0 Å². The largest absolute Gasteiger partial charge is 0.330 e. The summed E-state index contributed by atoms with van der Waals surface area (Å²) in [5, 5.41) is 4.39. The standard InChI is InChI=1S/C13H23NSi.C11H19NSi.C10H17NSi/c1-4-5-11-13(14)15(2,3)12-9-7-6-8-10-12;1-4-11(12)13(2,3)10-8-6-5-7-9-10;1-9(11)12(2,3)10-7-5-4-6-8-10/h6-10,13H,4-5,11,14H2,1-3H3;5-9,11H,4,12H2,1-3H3;4-9H,11H2,1-3H3/t;;9-/m..1/s1. The summed E-state index contributed by atoms with van der Waals surface area (Å²) in [6, 6.07) is 32.1. The van der Waals surface area contributed by atoms with Crippen LogP contribution >= 0.6 is 0 Å². The molecular formula is C34H59N3Si3. The Labute approximate surface area is 250 Å². The molecule has 6 heteroatoms. The topological polar surface area (TPSA) is 78.1 Å². The quantitative estimate of drug-likeness (QED) is 0.251. The summed E-state index contributed by atoms with van der Waals surface area (Å²) in [6.07, 6.45) is 4.75. The molecule has 0 bridgehead atoms. The van der Waals surface area contributed by atoms with E-state index in [9.17, 15) is 0 Å². The molecule has 3 rings (SSSR count). The number of nitrogens with two attached hydrogens (primary N) is 3. The van der Waals surface area contributed by atoms with E-state index in [4.69, 9.17) is 17.2 Å². The molecule has 0 spiro atoms. The molecule has 0 aliphatic heterocycles. The van der Waals surface area contributed by atoms with Crippen LogP contribution < -0.4 is 32.8 Å². The molecule has 0 aromatic heterocycles. The monoisotopic (exact) mass is 593 g/mol. The summed E-state index contributed by atoms with van der Waals surface area (Å²) in [4.78, 5) is 0. The van der Waals surface area contributed by atoms with Crippen LogP contribution in [0.2, 0.25) is 39.3 Å². The van der Waals surface area contributed by atoms with Crippen LogP contribution in [-0.2, 0) is 0 Å². The predicted molar refractivity (Wildman–Crippen MR) is 190 cm³/mol. The van der Waals surface area contributed by atoms with E-state index in [1.165, 1.54) is 34.8 Å². The average molecular weight is 594 g/mol. The fraction of sp³-hybridized carbons (Fsp3) is 0.471. The van der Waals surface area contributed by atoms with Gasteiger partial charge in [0.25, 0.3) is 0 Å². The first-order valence-electron chi connectivity index (χ1n) is 15.2. The molecule has 0 heterocycles. The zero-order valence-corrected chi connectivity index (χ0v) is 30.0. The van der Waals surface area contributed by atoms with Crippen molar-refractivity contribution < 1.29 is 0 Å². The van der Waals surface area contributed by atoms with Gasteiger partial charge in [0.1, 0.15) is 0 Å². The molecule has 0 amide bonds. The third-order valence-electron chi connectivity index (χ3n) is 8.85. The van der Waals surface area contributed by atoms with Gasteiger partial charge < -0.3 is 17.2 Å². The predicted octanol–water partition coefficient (Wildman–Crippen LogP) is 6.03. The lowest BCUT2D eigenvalue weighted by Gasteiger charge is -2.30. The van der Waals surface area contributed by atoms with Gasteiger partial charge in [-0.15, -0.1) is 0 Å². The van der Waals surface area contributed by atoms with Crippen LogP contribution in [0.15, 0.2) is 91.0 Å². The van der Waals surface area contributed by atoms with Crippen LogP contribution in [-0.4, -0.2) is 41.2 Å². The van der Waals surface area contributed by atoms with Gasteiger partial charge >= 0.3 is 0 Å². The molecule has 2 unspecified atom stereocenters. The van der Waals surface area contributed by atoms with Crippen LogP contribution in [0.4, 0.5) is 0 Å². The minimum Gasteiger partial charge on any atom is -0.330 e. The van der Waals surface area contributed by atoms with Crippen molar-refractivity contribution in [3.8, 4) is 0 Å². The normalized spacial score (nSPS) is 14.1. The molecule has 0 radical (unpaired) electrons. The van der Waals surface area contributed by atoms with Gasteiger partial charge in [-0.1, -0.05) is 179 Å². The fourth-order valence-corrected chi connectivity index (χ4v) is 11.1. The summed E-state index contributed by atoms with van der Waals surface area (Å²) >= 11 is 0. The highest BCUT2D eigenvalue weighted by Crippen LogP contribution is 2.13. The second-order valence-electron chi connectivity index (χ2n) is 12.8. The molecule has 0 aliphatic carbocycles. The Hall–Kier alpha value is -1.81. The Morgan fingerprint density at radius 1 is 0.525 bits per heavy atom. The smallest absolute Gasteiger partial charge is 0.0980 e. The van der Waals surface area contributed by atoms with E-state index >= 15 is 0 Å². The average Bonchev–Trinajstić information content (AvgIpc) is 2.97. The van der Waals surface area contributed by atoms with Crippen molar-refractivity contribution in [2.24, 2.45) is 17.2 Å². The first-order chi connectivity index (χ1) is 18.7. The second kappa shape index (κ2) is 17.2. The zero-order chi connectivity index (χ0) is 30.4. The number of rotatable bonds is 10. The van der Waals surface area contributed by atoms with E-state index in [1.807, 2.05) is 0 Å². The van der Waals surface area contributed by atoms with Crippen molar-refractivity contribution in [2.45, 2.75) is 103 Å². The maximum absolute atomic E-state index is 6.33. The highest BCUT2D eigenvalue weighted by Gasteiger charge is 2.31. The lowest BCUT2D eigenvalue weighted by molar-refractivity contribution is 0.678. The van der Waals surface area contributed by atoms with Gasteiger partial charge in [-0.05, 0) is 18.5 Å². The molecule has 0 fully saturated rings. The van der Waals surface area contributed by atoms with E-state index < -0.39 is 24.2 Å². The molecule has 3 nitrogen and oxygen atoms in total. The molecule has 3 aromatic rings. The molecule has 6 N–H and O–H groups in total. The van der Waals surface area contributed by atoms with Crippen LogP contribution in [0, 0.1) is 0 Å². The Morgan fingerprint density at radius 3 is 1.15 bits per heavy atom. The van der Waals surface area contributed by atoms with Crippen LogP contribution in [0.3, 0.4) is 0 Å². The lowest BCUT2D eigenvalue weighted by Crippen LogP contribution is -2.56. The SMILES string of the molecule is CCC(N)[Si](C)(C)c1ccccc1.CCCCC(N)[Si](C)(C)c1ccccc1.C[C@H](N)[Si](C)(C)c1ccccc1. The molecule has 0 saturated heterocycles. The molecule has 3 aromatic carbocycles. The van der Waals surface area contributed by atoms with Gasteiger partial charge in [-0.25, -0.2) is 0 Å². The third kappa shape index (κ3) is 10.9. The van der Waals surface area contributed by atoms with Crippen molar-refractivity contribution in [3.63, 3.8) is 0 Å². The molecule has 40 heavy (non-hydrogen) atoms. The Morgan fingerprint density at radius 2 is 0.850 bits per heavy atom. The summed E-state index contributed by atoms with van der Waals surface area (Å²) in [7, 11) is -4.23. The first kappa shape index (κ1) is 36.2. The summed E-state index contributed by atoms with van der Waals surface area (Å²) in [5.41, 5.74) is 19.5. The van der Waals surface area contributed by atoms with Gasteiger partial charge in [-0.2, -0.15) is 0 Å². The maximum Gasteiger partial charge on any atom is 0.0980 e. The summed E-state index contributed by atoms with van der Waals surface area (Å²) in [5.74, 6) is 0. The minimum absolute atomic E-state index is 0.319. The van der Waals surface area contributed by atoms with Gasteiger partial charge in [0, 0.05) is 11.3 Å². The van der Waals surface area contributed by atoms with Gasteiger partial charge in [-0.3, -0.25) is 0 Å². The third-order valence-corrected chi connectivity index (χ3v) is 21.0. The minimum atomic E-state index is -1.44. The van der Waals surface area contributed by atoms with Crippen LogP contribution in [0.25, 0.3) is 0 Å². The summed E-state index contributed by atoms with van der Waals surface area (Å²) < 4.78 is 0. The first-order valence-corrected chi connectivity index (χ1v) is 24.4. The summed E-state index contributed by atoms with van der Waals surface area (Å²) in [6.45, 7) is 20.6. The van der Waals surface area contributed by atoms with Crippen LogP contribution in [0.5, 0.6) is 0 Å². The maximum atomic E-state index is 6.33. The van der Waals surface area contributed by atoms with Crippen molar-refractivity contribution in [3.05, 3.63) is 91.0 Å². The van der Waals surface area contributed by atoms with Gasteiger partial charge in [0.15, 0.2) is 0 Å². The van der Waals surface area contributed by atoms with Gasteiger partial charge in [0.05, 0.1) is 24.2 Å². The van der Waals surface area contributed by atoms with E-state index in [0.29, 0.717) is 17.0 Å². The molecule has 222 valence electrons. The van der Waals surface area contributed by atoms with E-state index in [0.717, 1.165) is 6.42 Å². The Balaban J connectivity index is 0.000000302. The molecule has 3 atom stereocenters. The van der Waals surface area contributed by atoms with E-state index in [2.05, 4.69) is 151 Å². The Kier molecular flexibility index (Phi) is 15.6. The van der Waals surface area contributed by atoms with Crippen molar-refractivity contribution in [2.75, 3.05) is 0 Å². The van der Waals surface area contributed by atoms with E-state index in [1.54, 1.807) is 0 Å². The van der Waals surface area contributed by atoms with Crippen LogP contribution in [0.1, 0.15) is 46.5 Å². The second-order valence-corrected chi connectivity index (χ2v) is 27.3. The number of hydrogen-bond acceptors (Lipinski definition) is 3. The van der Waals surface area contributed by atoms with Crippen molar-refractivity contribution >= 4 is 39.8 Å². The molecule has 0 aliphatic rings. The lowest BCUT2D eigenvalue weighted by atomic mass is 10.2. The number of hydrogen-bond donors (Lipinski definition) is 3. The van der Waals surface area contributed by atoms with Crippen molar-refractivity contribution in [1.82, 2.24) is 0 Å². The fourth-order valence-electron chi connectivity index (χ4n) is 4.59. The molecular weight excluding hydrogens is 535 g/mol. The molecule has 0 saturated carbocycles. The van der Waals surface area contributed by atoms with E-state index in [-0.39, 0.29) is 0 Å².